The molecule has 0 spiro atoms. The summed E-state index contributed by atoms with van der Waals surface area (Å²) < 4.78 is 5.79. The van der Waals surface area contributed by atoms with Gasteiger partial charge in [-0.3, -0.25) is 9.78 Å². The highest BCUT2D eigenvalue weighted by Crippen LogP contribution is 2.14. The van der Waals surface area contributed by atoms with Gasteiger partial charge in [0.25, 0.3) is 5.91 Å². The van der Waals surface area contributed by atoms with Gasteiger partial charge in [0.15, 0.2) is 0 Å². The fourth-order valence-corrected chi connectivity index (χ4v) is 2.58. The predicted molar refractivity (Wildman–Crippen MR) is 80.0 cm³/mol. The topological polar surface area (TPSA) is 42.4 Å². The van der Waals surface area contributed by atoms with E-state index >= 15 is 0 Å². The minimum absolute atomic E-state index is 0.0544. The highest BCUT2D eigenvalue weighted by molar-refractivity contribution is 5.94. The van der Waals surface area contributed by atoms with Crippen LogP contribution in [-0.4, -0.2) is 41.6 Å². The predicted octanol–water partition coefficient (Wildman–Crippen LogP) is 2.17. The van der Waals surface area contributed by atoms with E-state index < -0.39 is 0 Å². The Labute approximate surface area is 124 Å². The van der Waals surface area contributed by atoms with E-state index in [4.69, 9.17) is 4.74 Å². The maximum Gasteiger partial charge on any atom is 0.254 e. The monoisotopic (exact) mass is 282 g/mol. The first-order valence-electron chi connectivity index (χ1n) is 7.18. The number of pyridine rings is 1. The molecule has 1 aromatic carbocycles. The van der Waals surface area contributed by atoms with Gasteiger partial charge in [0.05, 0.1) is 12.7 Å². The number of hydrogen-bond acceptors (Lipinski definition) is 3. The van der Waals surface area contributed by atoms with Gasteiger partial charge in [0, 0.05) is 37.5 Å². The van der Waals surface area contributed by atoms with Crippen LogP contribution in [-0.2, 0) is 11.2 Å². The number of benzene rings is 1. The smallest absolute Gasteiger partial charge is 0.254 e. The van der Waals surface area contributed by atoms with E-state index in [1.807, 2.05) is 23.1 Å². The third-order valence-corrected chi connectivity index (χ3v) is 3.66. The third kappa shape index (κ3) is 3.47. The number of carbonyl (C=O) groups excluding carboxylic acids is 1. The zero-order valence-corrected chi connectivity index (χ0v) is 11.8. The van der Waals surface area contributed by atoms with Crippen molar-refractivity contribution < 1.29 is 9.53 Å². The van der Waals surface area contributed by atoms with Crippen LogP contribution < -0.4 is 0 Å². The van der Waals surface area contributed by atoms with Crippen LogP contribution in [0.25, 0.3) is 0 Å². The minimum atomic E-state index is 0.0544. The molecule has 108 valence electrons. The molecule has 0 N–H and O–H groups in total. The number of rotatable bonds is 3. The first-order valence-corrected chi connectivity index (χ1v) is 7.18. The number of hydrogen-bond donors (Lipinski definition) is 0. The molecule has 1 aromatic heterocycles. The molecule has 1 aliphatic rings. The summed E-state index contributed by atoms with van der Waals surface area (Å²) in [6.07, 6.45) is 4.19. The summed E-state index contributed by atoms with van der Waals surface area (Å²) in [5, 5.41) is 0. The Hall–Kier alpha value is -2.20. The lowest BCUT2D eigenvalue weighted by Crippen LogP contribution is -2.46. The Kier molecular flexibility index (Phi) is 4.26. The molecule has 1 saturated heterocycles. The summed E-state index contributed by atoms with van der Waals surface area (Å²) in [5.74, 6) is 0.0544. The lowest BCUT2D eigenvalue weighted by molar-refractivity contribution is -0.0208. The number of carbonyl (C=O) groups is 1. The minimum Gasteiger partial charge on any atom is -0.374 e. The van der Waals surface area contributed by atoms with Crippen molar-refractivity contribution in [2.45, 2.75) is 12.5 Å². The van der Waals surface area contributed by atoms with Gasteiger partial charge in [-0.1, -0.05) is 30.3 Å². The average molecular weight is 282 g/mol. The largest absolute Gasteiger partial charge is 0.374 e. The summed E-state index contributed by atoms with van der Waals surface area (Å²) in [6.45, 7) is 1.87. The fraction of sp³-hybridized carbons (Fsp3) is 0.294. The number of aromatic nitrogens is 1. The van der Waals surface area contributed by atoms with Gasteiger partial charge >= 0.3 is 0 Å². The molecule has 2 heterocycles. The highest BCUT2D eigenvalue weighted by atomic mass is 16.5. The standard InChI is InChI=1S/C17H18N2O2/c20-17(15-6-8-18-9-7-15)19-10-11-21-16(13-19)12-14-4-2-1-3-5-14/h1-9,16H,10-13H2/t16-/m0/s1. The van der Waals surface area contributed by atoms with Gasteiger partial charge in [-0.05, 0) is 17.7 Å². The van der Waals surface area contributed by atoms with Gasteiger partial charge in [-0.25, -0.2) is 0 Å². The van der Waals surface area contributed by atoms with Crippen molar-refractivity contribution in [3.63, 3.8) is 0 Å². The molecular formula is C17H18N2O2. The van der Waals surface area contributed by atoms with Crippen LogP contribution >= 0.6 is 0 Å². The molecule has 0 saturated carbocycles. The molecule has 0 aliphatic carbocycles. The molecule has 1 fully saturated rings. The Balaban J connectivity index is 1.64. The lowest BCUT2D eigenvalue weighted by atomic mass is 10.1. The fourth-order valence-electron chi connectivity index (χ4n) is 2.58. The number of nitrogens with zero attached hydrogens (tertiary/aromatic N) is 2. The molecule has 1 amide bonds. The van der Waals surface area contributed by atoms with Gasteiger partial charge in [0.2, 0.25) is 0 Å². The maximum absolute atomic E-state index is 12.4. The average Bonchev–Trinajstić information content (AvgIpc) is 2.56. The molecule has 1 aliphatic heterocycles. The Bertz CT molecular complexity index is 586. The normalized spacial score (nSPS) is 18.5. The first-order chi connectivity index (χ1) is 10.3. The third-order valence-electron chi connectivity index (χ3n) is 3.66. The molecule has 4 heteroatoms. The molecule has 1 atom stereocenters. The van der Waals surface area contributed by atoms with Gasteiger partial charge in [0.1, 0.15) is 0 Å². The Morgan fingerprint density at radius 1 is 1.19 bits per heavy atom. The Morgan fingerprint density at radius 3 is 2.71 bits per heavy atom. The van der Waals surface area contributed by atoms with Crippen LogP contribution in [0.3, 0.4) is 0 Å². The van der Waals surface area contributed by atoms with Crippen molar-refractivity contribution in [2.75, 3.05) is 19.7 Å². The summed E-state index contributed by atoms with van der Waals surface area (Å²) in [4.78, 5) is 18.3. The van der Waals surface area contributed by atoms with Crippen LogP contribution in [0.4, 0.5) is 0 Å². The quantitative estimate of drug-likeness (QED) is 0.866. The molecular weight excluding hydrogens is 264 g/mol. The van der Waals surface area contributed by atoms with Crippen molar-refractivity contribution in [3.05, 3.63) is 66.0 Å². The van der Waals surface area contributed by atoms with E-state index in [9.17, 15) is 4.79 Å². The van der Waals surface area contributed by atoms with Crippen LogP contribution in [0, 0.1) is 0 Å². The molecule has 0 unspecified atom stereocenters. The van der Waals surface area contributed by atoms with Crippen LogP contribution in [0.5, 0.6) is 0 Å². The van der Waals surface area contributed by atoms with Crippen molar-refractivity contribution >= 4 is 5.91 Å². The zero-order chi connectivity index (χ0) is 14.5. The SMILES string of the molecule is O=C(c1ccncc1)N1CCO[C@@H](Cc2ccccc2)C1. The van der Waals surface area contributed by atoms with E-state index in [-0.39, 0.29) is 12.0 Å². The summed E-state index contributed by atoms with van der Waals surface area (Å²) in [7, 11) is 0. The van der Waals surface area contributed by atoms with Crippen LogP contribution in [0.1, 0.15) is 15.9 Å². The van der Waals surface area contributed by atoms with Crippen molar-refractivity contribution in [1.82, 2.24) is 9.88 Å². The summed E-state index contributed by atoms with van der Waals surface area (Å²) in [6, 6.07) is 13.7. The zero-order valence-electron chi connectivity index (χ0n) is 11.8. The van der Waals surface area contributed by atoms with E-state index in [2.05, 4.69) is 17.1 Å². The van der Waals surface area contributed by atoms with Crippen molar-refractivity contribution in [3.8, 4) is 0 Å². The summed E-state index contributed by atoms with van der Waals surface area (Å²) >= 11 is 0. The van der Waals surface area contributed by atoms with Crippen molar-refractivity contribution in [1.29, 1.82) is 0 Å². The van der Waals surface area contributed by atoms with Crippen LogP contribution in [0.15, 0.2) is 54.9 Å². The van der Waals surface area contributed by atoms with E-state index in [0.29, 0.717) is 25.3 Å². The van der Waals surface area contributed by atoms with Gasteiger partial charge in [-0.15, -0.1) is 0 Å². The molecule has 0 bridgehead atoms. The van der Waals surface area contributed by atoms with Gasteiger partial charge < -0.3 is 9.64 Å². The summed E-state index contributed by atoms with van der Waals surface area (Å²) in [5.41, 5.74) is 1.92. The van der Waals surface area contributed by atoms with Gasteiger partial charge in [-0.2, -0.15) is 0 Å². The second kappa shape index (κ2) is 6.50. The molecule has 3 rings (SSSR count). The van der Waals surface area contributed by atoms with Crippen LogP contribution in [0.2, 0.25) is 0 Å². The highest BCUT2D eigenvalue weighted by Gasteiger charge is 2.25. The van der Waals surface area contributed by atoms with E-state index in [1.54, 1.807) is 24.5 Å². The second-order valence-electron chi connectivity index (χ2n) is 5.17. The number of amides is 1. The first kappa shape index (κ1) is 13.8. The molecule has 2 aromatic rings. The van der Waals surface area contributed by atoms with E-state index in [0.717, 1.165) is 6.42 Å². The maximum atomic E-state index is 12.4. The Morgan fingerprint density at radius 2 is 1.95 bits per heavy atom. The molecule has 21 heavy (non-hydrogen) atoms. The molecule has 4 nitrogen and oxygen atoms in total. The molecule has 0 radical (unpaired) electrons. The van der Waals surface area contributed by atoms with Crippen molar-refractivity contribution in [2.24, 2.45) is 0 Å². The number of morpholine rings is 1. The lowest BCUT2D eigenvalue weighted by Gasteiger charge is -2.33. The van der Waals surface area contributed by atoms with E-state index in [1.165, 1.54) is 5.56 Å². The number of ether oxygens (including phenoxy) is 1. The second-order valence-corrected chi connectivity index (χ2v) is 5.17.